The number of halogens is 1. The number of amides is 1. The highest BCUT2D eigenvalue weighted by Crippen LogP contribution is 2.30. The molecular weight excluding hydrogens is 397 g/mol. The first-order valence-corrected chi connectivity index (χ1v) is 9.87. The summed E-state index contributed by atoms with van der Waals surface area (Å²) in [5.41, 5.74) is 0. The van der Waals surface area contributed by atoms with Gasteiger partial charge in [-0.1, -0.05) is 12.2 Å². The minimum absolute atomic E-state index is 0.0751. The zero-order valence-corrected chi connectivity index (χ0v) is 16.5. The molecule has 0 bridgehead atoms. The minimum atomic E-state index is -1.51. The van der Waals surface area contributed by atoms with Crippen LogP contribution in [0.25, 0.3) is 0 Å². The highest BCUT2D eigenvalue weighted by molar-refractivity contribution is 5.81. The molecule has 0 heterocycles. The highest BCUT2D eigenvalue weighted by Gasteiger charge is 2.42. The van der Waals surface area contributed by atoms with Crippen LogP contribution < -0.4 is 10.1 Å². The molecule has 0 spiro atoms. The normalized spacial score (nSPS) is 24.7. The highest BCUT2D eigenvalue weighted by atomic mass is 19.1. The molecule has 166 valence electrons. The Morgan fingerprint density at radius 2 is 1.90 bits per heavy atom. The predicted octanol–water partition coefficient (Wildman–Crippen LogP) is 0.993. The van der Waals surface area contributed by atoms with E-state index in [1.165, 1.54) is 24.3 Å². The number of hydrogen-bond donors (Lipinski definition) is 5. The molecule has 0 aromatic heterocycles. The maximum Gasteiger partial charge on any atom is 0.303 e. The van der Waals surface area contributed by atoms with E-state index in [2.05, 4.69) is 5.32 Å². The zero-order chi connectivity index (χ0) is 22.1. The second kappa shape index (κ2) is 11.6. The Kier molecular flexibility index (Phi) is 9.22. The van der Waals surface area contributed by atoms with E-state index in [1.807, 2.05) is 6.08 Å². The quantitative estimate of drug-likeness (QED) is 0.263. The average molecular weight is 425 g/mol. The monoisotopic (exact) mass is 425 g/mol. The molecule has 30 heavy (non-hydrogen) atoms. The molecule has 5 atom stereocenters. The lowest BCUT2D eigenvalue weighted by atomic mass is 9.96. The molecule has 8 nitrogen and oxygen atoms in total. The third-order valence-corrected chi connectivity index (χ3v) is 5.02. The van der Waals surface area contributed by atoms with Gasteiger partial charge in [-0.15, -0.1) is 0 Å². The maximum atomic E-state index is 12.9. The van der Waals surface area contributed by atoms with E-state index < -0.39 is 48.0 Å². The molecular formula is C21H28FNO7. The summed E-state index contributed by atoms with van der Waals surface area (Å²) in [4.78, 5) is 22.8. The molecule has 9 heteroatoms. The minimum Gasteiger partial charge on any atom is -0.490 e. The van der Waals surface area contributed by atoms with Crippen LogP contribution in [0.5, 0.6) is 5.75 Å². The summed E-state index contributed by atoms with van der Waals surface area (Å²) >= 11 is 0. The van der Waals surface area contributed by atoms with Gasteiger partial charge in [-0.05, 0) is 43.5 Å². The van der Waals surface area contributed by atoms with Crippen molar-refractivity contribution in [3.63, 3.8) is 0 Å². The van der Waals surface area contributed by atoms with Gasteiger partial charge in [-0.3, -0.25) is 9.59 Å². The largest absolute Gasteiger partial charge is 0.490 e. The van der Waals surface area contributed by atoms with E-state index in [9.17, 15) is 29.3 Å². The summed E-state index contributed by atoms with van der Waals surface area (Å²) in [6, 6.07) is 4.39. The second-order valence-electron chi connectivity index (χ2n) is 7.34. The summed E-state index contributed by atoms with van der Waals surface area (Å²) in [7, 11) is 0. The van der Waals surface area contributed by atoms with Gasteiger partial charge < -0.3 is 30.5 Å². The molecule has 1 fully saturated rings. The van der Waals surface area contributed by atoms with Gasteiger partial charge in [0.2, 0.25) is 0 Å². The number of rotatable bonds is 11. The lowest BCUT2D eigenvalue weighted by molar-refractivity contribution is -0.137. The molecule has 0 aliphatic heterocycles. The van der Waals surface area contributed by atoms with Gasteiger partial charge in [-0.25, -0.2) is 4.39 Å². The van der Waals surface area contributed by atoms with E-state index in [0.717, 1.165) is 0 Å². The zero-order valence-electron chi connectivity index (χ0n) is 16.5. The van der Waals surface area contributed by atoms with Crippen LogP contribution in [0.1, 0.15) is 32.1 Å². The van der Waals surface area contributed by atoms with E-state index in [-0.39, 0.29) is 19.4 Å². The summed E-state index contributed by atoms with van der Waals surface area (Å²) < 4.78 is 18.1. The molecule has 1 aromatic carbocycles. The number of allylic oxidation sites excluding steroid dienone is 2. The smallest absolute Gasteiger partial charge is 0.303 e. The van der Waals surface area contributed by atoms with Crippen molar-refractivity contribution < 1.29 is 39.1 Å². The lowest BCUT2D eigenvalue weighted by Gasteiger charge is -2.25. The number of unbranched alkanes of at least 4 members (excludes halogenated alkanes) is 1. The second-order valence-corrected chi connectivity index (χ2v) is 7.34. The molecule has 0 radical (unpaired) electrons. The van der Waals surface area contributed by atoms with Crippen LogP contribution in [0.2, 0.25) is 0 Å². The molecule has 5 N–H and O–H groups in total. The number of aliphatic carboxylic acids is 1. The molecule has 1 aliphatic rings. The van der Waals surface area contributed by atoms with Gasteiger partial charge in [0.25, 0.3) is 5.91 Å². The number of carbonyl (C=O) groups is 2. The number of carboxylic acids is 1. The number of benzene rings is 1. The molecule has 1 aromatic rings. The van der Waals surface area contributed by atoms with Crippen LogP contribution in [0.15, 0.2) is 36.4 Å². The van der Waals surface area contributed by atoms with Crippen LogP contribution in [0.4, 0.5) is 4.39 Å². The Labute approximate surface area is 174 Å². The molecule has 1 amide bonds. The topological polar surface area (TPSA) is 136 Å². The third-order valence-electron chi connectivity index (χ3n) is 5.02. The van der Waals surface area contributed by atoms with Gasteiger partial charge >= 0.3 is 5.97 Å². The first-order valence-electron chi connectivity index (χ1n) is 9.87. The number of nitrogens with one attached hydrogen (secondary N) is 1. The fourth-order valence-electron chi connectivity index (χ4n) is 3.38. The van der Waals surface area contributed by atoms with Crippen LogP contribution >= 0.6 is 0 Å². The van der Waals surface area contributed by atoms with Gasteiger partial charge in [0.05, 0.1) is 18.2 Å². The Bertz CT molecular complexity index is 725. The summed E-state index contributed by atoms with van der Waals surface area (Å²) in [6.07, 6.45) is 1.96. The fraction of sp³-hybridized carbons (Fsp3) is 0.524. The van der Waals surface area contributed by atoms with E-state index in [1.54, 1.807) is 6.08 Å². The molecule has 0 saturated heterocycles. The first kappa shape index (κ1) is 23.8. The lowest BCUT2D eigenvalue weighted by Crippen LogP contribution is -2.49. The summed E-state index contributed by atoms with van der Waals surface area (Å²) in [5.74, 6) is -2.18. The van der Waals surface area contributed by atoms with Crippen molar-refractivity contribution in [2.45, 2.75) is 56.5 Å². The van der Waals surface area contributed by atoms with Crippen LogP contribution in [0, 0.1) is 11.7 Å². The van der Waals surface area contributed by atoms with E-state index in [0.29, 0.717) is 25.0 Å². The first-order chi connectivity index (χ1) is 14.3. The SMILES string of the molecule is O=C(O)CCC/C=C\C[C@@H]1[C@@H](NC(=O)[C@H](O)COc2ccc(F)cc2)[C@H](O)C[C@@H]1O. The van der Waals surface area contributed by atoms with Crippen molar-refractivity contribution >= 4 is 11.9 Å². The maximum absolute atomic E-state index is 12.9. The van der Waals surface area contributed by atoms with E-state index >= 15 is 0 Å². The summed E-state index contributed by atoms with van der Waals surface area (Å²) in [6.45, 7) is -0.350. The van der Waals surface area contributed by atoms with E-state index in [4.69, 9.17) is 9.84 Å². The fourth-order valence-corrected chi connectivity index (χ4v) is 3.38. The van der Waals surface area contributed by atoms with Crippen molar-refractivity contribution in [1.29, 1.82) is 0 Å². The Morgan fingerprint density at radius 1 is 1.20 bits per heavy atom. The predicted molar refractivity (Wildman–Crippen MR) is 105 cm³/mol. The number of ether oxygens (including phenoxy) is 1. The number of carboxylic acid groups (broad SMARTS) is 1. The van der Waals surface area contributed by atoms with Gasteiger partial charge in [0.15, 0.2) is 6.10 Å². The number of aliphatic hydroxyl groups excluding tert-OH is 3. The van der Waals surface area contributed by atoms with Crippen LogP contribution in [0.3, 0.4) is 0 Å². The third kappa shape index (κ3) is 7.40. The molecule has 1 aliphatic carbocycles. The van der Waals surface area contributed by atoms with Crippen LogP contribution in [-0.4, -0.2) is 63.3 Å². The van der Waals surface area contributed by atoms with Crippen molar-refractivity contribution in [3.8, 4) is 5.75 Å². The van der Waals surface area contributed by atoms with Gasteiger partial charge in [0.1, 0.15) is 18.2 Å². The number of aliphatic hydroxyl groups is 3. The van der Waals surface area contributed by atoms with Crippen LogP contribution in [-0.2, 0) is 9.59 Å². The van der Waals surface area contributed by atoms with Crippen molar-refractivity contribution in [3.05, 3.63) is 42.2 Å². The number of carbonyl (C=O) groups excluding carboxylic acids is 1. The summed E-state index contributed by atoms with van der Waals surface area (Å²) in [5, 5.41) is 41.6. The Balaban J connectivity index is 1.83. The van der Waals surface area contributed by atoms with Crippen molar-refractivity contribution in [2.24, 2.45) is 5.92 Å². The van der Waals surface area contributed by atoms with Crippen molar-refractivity contribution in [1.82, 2.24) is 5.32 Å². The standard InChI is InChI=1S/C21H28FNO7/c22-13-7-9-14(10-8-13)30-12-18(26)21(29)23-20-15(16(24)11-17(20)25)5-3-1-2-4-6-19(27)28/h1,3,7-10,15-18,20,24-26H,2,4-6,11-12H2,(H,23,29)(H,27,28)/b3-1-/t15-,16-,17+,18+,20+/m0/s1. The Morgan fingerprint density at radius 3 is 2.57 bits per heavy atom. The van der Waals surface area contributed by atoms with Gasteiger partial charge in [0, 0.05) is 18.8 Å². The molecule has 1 saturated carbocycles. The average Bonchev–Trinajstić information content (AvgIpc) is 2.96. The Hall–Kier alpha value is -2.49. The van der Waals surface area contributed by atoms with Gasteiger partial charge in [-0.2, -0.15) is 0 Å². The van der Waals surface area contributed by atoms with Crippen molar-refractivity contribution in [2.75, 3.05) is 6.61 Å². The number of hydrogen-bond acceptors (Lipinski definition) is 6. The molecule has 0 unspecified atom stereocenters. The molecule has 2 rings (SSSR count).